The second-order valence-corrected chi connectivity index (χ2v) is 6.07. The summed E-state index contributed by atoms with van der Waals surface area (Å²) < 4.78 is 5.77. The van der Waals surface area contributed by atoms with Crippen LogP contribution in [0.1, 0.15) is 17.5 Å². The first-order chi connectivity index (χ1) is 11.5. The molecule has 1 heterocycles. The molecule has 1 aliphatic heterocycles. The maximum Gasteiger partial charge on any atom is 0.308 e. The average Bonchev–Trinajstić information content (AvgIpc) is 2.93. The highest BCUT2D eigenvalue weighted by Gasteiger charge is 2.33. The number of carbonyl (C=O) groups is 2. The molecule has 5 heteroatoms. The predicted molar refractivity (Wildman–Crippen MR) is 88.9 cm³/mol. The fourth-order valence-corrected chi connectivity index (χ4v) is 2.72. The van der Waals surface area contributed by atoms with Crippen LogP contribution in [0.25, 0.3) is 0 Å². The zero-order valence-electron chi connectivity index (χ0n) is 13.4. The number of carbonyl (C=O) groups excluding carboxylic acids is 1. The van der Waals surface area contributed by atoms with E-state index in [-0.39, 0.29) is 18.9 Å². The molecule has 24 heavy (non-hydrogen) atoms. The molecule has 0 bridgehead atoms. The second kappa shape index (κ2) is 6.74. The van der Waals surface area contributed by atoms with Gasteiger partial charge in [-0.05, 0) is 36.8 Å². The summed E-state index contributed by atoms with van der Waals surface area (Å²) in [5.74, 6) is -0.122. The predicted octanol–water partition coefficient (Wildman–Crippen LogP) is 3.22. The van der Waals surface area contributed by atoms with Crippen molar-refractivity contribution >= 4 is 11.9 Å². The molecule has 1 unspecified atom stereocenters. The minimum atomic E-state index is -0.910. The van der Waals surface area contributed by atoms with Gasteiger partial charge >= 0.3 is 5.97 Å². The number of hydrogen-bond donors (Lipinski definition) is 1. The Bertz CT molecular complexity index is 737. The topological polar surface area (TPSA) is 66.8 Å². The summed E-state index contributed by atoms with van der Waals surface area (Å²) in [5, 5.41) is 9.01. The lowest BCUT2D eigenvalue weighted by molar-refractivity contribution is -0.141. The van der Waals surface area contributed by atoms with Gasteiger partial charge in [0.1, 0.15) is 11.5 Å². The van der Waals surface area contributed by atoms with E-state index in [4.69, 9.17) is 9.84 Å². The molecule has 1 saturated heterocycles. The van der Waals surface area contributed by atoms with E-state index < -0.39 is 11.9 Å². The van der Waals surface area contributed by atoms with Crippen molar-refractivity contribution in [3.05, 3.63) is 59.7 Å². The zero-order chi connectivity index (χ0) is 17.1. The van der Waals surface area contributed by atoms with Crippen molar-refractivity contribution in [3.63, 3.8) is 0 Å². The first-order valence-corrected chi connectivity index (χ1v) is 7.85. The van der Waals surface area contributed by atoms with Crippen LogP contribution in [0.2, 0.25) is 0 Å². The molecule has 5 nitrogen and oxygen atoms in total. The van der Waals surface area contributed by atoms with Crippen LogP contribution in [-0.2, 0) is 16.1 Å². The molecule has 1 N–H and O–H groups in total. The van der Waals surface area contributed by atoms with Crippen LogP contribution in [0.3, 0.4) is 0 Å². The van der Waals surface area contributed by atoms with Crippen molar-refractivity contribution in [1.29, 1.82) is 0 Å². The average molecular weight is 325 g/mol. The third-order valence-electron chi connectivity index (χ3n) is 4.12. The molecule has 0 saturated carbocycles. The standard InChI is InChI=1S/C19H19NO4/c1-13-2-6-16(7-3-13)24-17-8-4-14(5-9-17)11-20-12-15(19(22)23)10-18(20)21/h2-9,15H,10-12H2,1H3,(H,22,23). The van der Waals surface area contributed by atoms with E-state index in [2.05, 4.69) is 0 Å². The lowest BCUT2D eigenvalue weighted by Gasteiger charge is -2.16. The van der Waals surface area contributed by atoms with Crippen LogP contribution in [0, 0.1) is 12.8 Å². The Labute approximate surface area is 140 Å². The maximum atomic E-state index is 11.9. The van der Waals surface area contributed by atoms with Crippen LogP contribution in [0.5, 0.6) is 11.5 Å². The Kier molecular flexibility index (Phi) is 4.51. The van der Waals surface area contributed by atoms with Gasteiger partial charge in [0.05, 0.1) is 5.92 Å². The molecular formula is C19H19NO4. The van der Waals surface area contributed by atoms with Gasteiger partial charge in [0.15, 0.2) is 0 Å². The number of hydrogen-bond acceptors (Lipinski definition) is 3. The Balaban J connectivity index is 1.61. The van der Waals surface area contributed by atoms with Crippen LogP contribution in [0.15, 0.2) is 48.5 Å². The molecule has 0 radical (unpaired) electrons. The van der Waals surface area contributed by atoms with Gasteiger partial charge in [-0.25, -0.2) is 0 Å². The smallest absolute Gasteiger partial charge is 0.308 e. The molecular weight excluding hydrogens is 306 g/mol. The summed E-state index contributed by atoms with van der Waals surface area (Å²) in [6.07, 6.45) is 0.0873. The fraction of sp³-hybridized carbons (Fsp3) is 0.263. The number of amides is 1. The van der Waals surface area contributed by atoms with E-state index in [1.54, 1.807) is 4.90 Å². The first kappa shape index (κ1) is 16.1. The lowest BCUT2D eigenvalue weighted by Crippen LogP contribution is -2.25. The molecule has 0 aliphatic carbocycles. The van der Waals surface area contributed by atoms with Gasteiger partial charge in [0.2, 0.25) is 5.91 Å². The van der Waals surface area contributed by atoms with Crippen LogP contribution >= 0.6 is 0 Å². The van der Waals surface area contributed by atoms with Gasteiger partial charge in [-0.3, -0.25) is 9.59 Å². The summed E-state index contributed by atoms with van der Waals surface area (Å²) in [6, 6.07) is 15.3. The fourth-order valence-electron chi connectivity index (χ4n) is 2.72. The van der Waals surface area contributed by atoms with Gasteiger partial charge in [0.25, 0.3) is 0 Å². The lowest BCUT2D eigenvalue weighted by atomic mass is 10.1. The molecule has 124 valence electrons. The van der Waals surface area contributed by atoms with Crippen molar-refractivity contribution < 1.29 is 19.4 Å². The quantitative estimate of drug-likeness (QED) is 0.916. The van der Waals surface area contributed by atoms with Crippen molar-refractivity contribution in [2.24, 2.45) is 5.92 Å². The van der Waals surface area contributed by atoms with Crippen LogP contribution in [0.4, 0.5) is 0 Å². The third-order valence-corrected chi connectivity index (χ3v) is 4.12. The van der Waals surface area contributed by atoms with E-state index in [9.17, 15) is 9.59 Å². The highest BCUT2D eigenvalue weighted by Crippen LogP contribution is 2.24. The largest absolute Gasteiger partial charge is 0.481 e. The number of ether oxygens (including phenoxy) is 1. The Hall–Kier alpha value is -2.82. The van der Waals surface area contributed by atoms with Crippen molar-refractivity contribution in [1.82, 2.24) is 4.90 Å². The summed E-state index contributed by atoms with van der Waals surface area (Å²) in [4.78, 5) is 24.4. The molecule has 1 amide bonds. The molecule has 2 aromatic carbocycles. The van der Waals surface area contributed by atoms with Crippen LogP contribution in [-0.4, -0.2) is 28.4 Å². The third kappa shape index (κ3) is 3.74. The highest BCUT2D eigenvalue weighted by atomic mass is 16.5. The maximum absolute atomic E-state index is 11.9. The summed E-state index contributed by atoms with van der Waals surface area (Å²) in [5.41, 5.74) is 2.12. The van der Waals surface area contributed by atoms with Gasteiger partial charge < -0.3 is 14.7 Å². The molecule has 1 fully saturated rings. The van der Waals surface area contributed by atoms with E-state index in [1.165, 1.54) is 5.56 Å². The summed E-state index contributed by atoms with van der Waals surface area (Å²) in [7, 11) is 0. The number of benzene rings is 2. The van der Waals surface area contributed by atoms with Gasteiger partial charge in [0, 0.05) is 19.5 Å². The van der Waals surface area contributed by atoms with E-state index in [1.807, 2.05) is 55.5 Å². The van der Waals surface area contributed by atoms with Crippen molar-refractivity contribution in [3.8, 4) is 11.5 Å². The molecule has 2 aromatic rings. The number of carboxylic acids is 1. The Morgan fingerprint density at radius 2 is 1.71 bits per heavy atom. The number of nitrogens with zero attached hydrogens (tertiary/aromatic N) is 1. The zero-order valence-corrected chi connectivity index (χ0v) is 13.4. The number of carboxylic acid groups (broad SMARTS) is 1. The van der Waals surface area contributed by atoms with Gasteiger partial charge in [-0.1, -0.05) is 29.8 Å². The van der Waals surface area contributed by atoms with Gasteiger partial charge in [-0.15, -0.1) is 0 Å². The van der Waals surface area contributed by atoms with Gasteiger partial charge in [-0.2, -0.15) is 0 Å². The molecule has 1 atom stereocenters. The second-order valence-electron chi connectivity index (χ2n) is 6.07. The molecule has 1 aliphatic rings. The van der Waals surface area contributed by atoms with Crippen molar-refractivity contribution in [2.45, 2.75) is 19.9 Å². The number of aliphatic carboxylic acids is 1. The summed E-state index contributed by atoms with van der Waals surface area (Å²) >= 11 is 0. The number of rotatable bonds is 5. The first-order valence-electron chi connectivity index (χ1n) is 7.85. The molecule has 0 aromatic heterocycles. The van der Waals surface area contributed by atoms with E-state index in [0.717, 1.165) is 17.1 Å². The highest BCUT2D eigenvalue weighted by molar-refractivity contribution is 5.86. The van der Waals surface area contributed by atoms with E-state index in [0.29, 0.717) is 6.54 Å². The van der Waals surface area contributed by atoms with Crippen LogP contribution < -0.4 is 4.74 Å². The normalized spacial score (nSPS) is 17.1. The number of likely N-dealkylation sites (tertiary alicyclic amines) is 1. The Morgan fingerprint density at radius 1 is 1.12 bits per heavy atom. The molecule has 0 spiro atoms. The summed E-state index contributed by atoms with van der Waals surface area (Å²) in [6.45, 7) is 2.72. The number of aryl methyl sites for hydroxylation is 1. The minimum Gasteiger partial charge on any atom is -0.481 e. The molecule has 3 rings (SSSR count). The minimum absolute atomic E-state index is 0.0873. The Morgan fingerprint density at radius 3 is 2.25 bits per heavy atom. The van der Waals surface area contributed by atoms with Crippen molar-refractivity contribution in [2.75, 3.05) is 6.54 Å². The SMILES string of the molecule is Cc1ccc(Oc2ccc(CN3CC(C(=O)O)CC3=O)cc2)cc1. The monoisotopic (exact) mass is 325 g/mol. The van der Waals surface area contributed by atoms with E-state index >= 15 is 0 Å².